The van der Waals surface area contributed by atoms with Crippen LogP contribution in [0.5, 0.6) is 5.75 Å². The first-order valence-corrected chi connectivity index (χ1v) is 10.6. The van der Waals surface area contributed by atoms with Crippen molar-refractivity contribution in [1.82, 2.24) is 4.31 Å². The summed E-state index contributed by atoms with van der Waals surface area (Å²) in [6, 6.07) is 13.0. The molecule has 0 N–H and O–H groups in total. The zero-order valence-electron chi connectivity index (χ0n) is 15.1. The summed E-state index contributed by atoms with van der Waals surface area (Å²) >= 11 is 5.99. The molecule has 2 aromatic carbocycles. The Balaban J connectivity index is 1.93. The number of rotatable bonds is 4. The molecule has 0 bridgehead atoms. The lowest BCUT2D eigenvalue weighted by Crippen LogP contribution is -2.34. The fourth-order valence-corrected chi connectivity index (χ4v) is 5.35. The summed E-state index contributed by atoms with van der Waals surface area (Å²) in [6.07, 6.45) is 2.83. The summed E-state index contributed by atoms with van der Waals surface area (Å²) in [7, 11) is -2.11. The first-order valence-electron chi connectivity index (χ1n) is 8.82. The Morgan fingerprint density at radius 1 is 1.12 bits per heavy atom. The molecule has 3 rings (SSSR count). The summed E-state index contributed by atoms with van der Waals surface area (Å²) < 4.78 is 33.6. The maximum Gasteiger partial charge on any atom is 0.246 e. The molecule has 1 heterocycles. The first-order chi connectivity index (χ1) is 12.4. The number of sulfonamides is 1. The standard InChI is InChI=1S/C20H24ClNO3S/c1-15-6-11-19(25-2)20(13-15)26(23,24)22-12-4-3-5-17(14-22)16-7-9-18(21)10-8-16/h6-11,13,17H,3-5,12,14H2,1-2H3. The Morgan fingerprint density at radius 2 is 1.85 bits per heavy atom. The zero-order valence-corrected chi connectivity index (χ0v) is 16.7. The number of hydrogen-bond acceptors (Lipinski definition) is 3. The fraction of sp³-hybridized carbons (Fsp3) is 0.400. The van der Waals surface area contributed by atoms with Crippen molar-refractivity contribution < 1.29 is 13.2 Å². The molecule has 0 saturated carbocycles. The van der Waals surface area contributed by atoms with E-state index in [-0.39, 0.29) is 10.8 Å². The molecule has 0 aliphatic carbocycles. The van der Waals surface area contributed by atoms with Gasteiger partial charge in [-0.25, -0.2) is 8.42 Å². The van der Waals surface area contributed by atoms with Gasteiger partial charge in [0, 0.05) is 18.1 Å². The Kier molecular flexibility index (Phi) is 5.90. The van der Waals surface area contributed by atoms with Crippen LogP contribution in [0.1, 0.15) is 36.3 Å². The molecule has 26 heavy (non-hydrogen) atoms. The highest BCUT2D eigenvalue weighted by atomic mass is 35.5. The van der Waals surface area contributed by atoms with Gasteiger partial charge < -0.3 is 4.74 Å². The lowest BCUT2D eigenvalue weighted by atomic mass is 9.95. The quantitative estimate of drug-likeness (QED) is 0.761. The maximum atomic E-state index is 13.3. The number of benzene rings is 2. The van der Waals surface area contributed by atoms with E-state index in [4.69, 9.17) is 16.3 Å². The van der Waals surface area contributed by atoms with Crippen molar-refractivity contribution in [3.63, 3.8) is 0 Å². The first kappa shape index (κ1) is 19.2. The van der Waals surface area contributed by atoms with Gasteiger partial charge in [0.15, 0.2) is 0 Å². The fourth-order valence-electron chi connectivity index (χ4n) is 3.46. The predicted octanol–water partition coefficient (Wildman–Crippen LogP) is 4.62. The van der Waals surface area contributed by atoms with Gasteiger partial charge in [-0.05, 0) is 61.1 Å². The van der Waals surface area contributed by atoms with Crippen LogP contribution < -0.4 is 4.74 Å². The molecule has 0 radical (unpaired) electrons. The van der Waals surface area contributed by atoms with Crippen LogP contribution in [0.3, 0.4) is 0 Å². The summed E-state index contributed by atoms with van der Waals surface area (Å²) in [5.74, 6) is 0.559. The summed E-state index contributed by atoms with van der Waals surface area (Å²) in [5, 5.41) is 0.691. The second-order valence-corrected chi connectivity index (χ2v) is 9.10. The Hall–Kier alpha value is -1.56. The molecule has 1 aliphatic rings. The van der Waals surface area contributed by atoms with E-state index in [9.17, 15) is 8.42 Å². The van der Waals surface area contributed by atoms with Gasteiger partial charge in [-0.2, -0.15) is 4.31 Å². The highest BCUT2D eigenvalue weighted by Crippen LogP contribution is 2.33. The van der Waals surface area contributed by atoms with Crippen molar-refractivity contribution >= 4 is 21.6 Å². The molecule has 2 aromatic rings. The number of halogens is 1. The number of hydrogen-bond donors (Lipinski definition) is 0. The Morgan fingerprint density at radius 3 is 2.54 bits per heavy atom. The maximum absolute atomic E-state index is 13.3. The van der Waals surface area contributed by atoms with Crippen molar-refractivity contribution in [2.24, 2.45) is 0 Å². The van der Waals surface area contributed by atoms with Crippen LogP contribution in [0.25, 0.3) is 0 Å². The molecule has 1 saturated heterocycles. The van der Waals surface area contributed by atoms with Crippen molar-refractivity contribution in [3.05, 3.63) is 58.6 Å². The van der Waals surface area contributed by atoms with Gasteiger partial charge in [0.2, 0.25) is 10.0 Å². The predicted molar refractivity (Wildman–Crippen MR) is 105 cm³/mol. The van der Waals surface area contributed by atoms with Crippen LogP contribution in [0, 0.1) is 6.92 Å². The van der Waals surface area contributed by atoms with E-state index in [1.165, 1.54) is 7.11 Å². The van der Waals surface area contributed by atoms with Gasteiger partial charge in [0.05, 0.1) is 7.11 Å². The van der Waals surface area contributed by atoms with E-state index < -0.39 is 10.0 Å². The lowest BCUT2D eigenvalue weighted by molar-refractivity contribution is 0.386. The minimum absolute atomic E-state index is 0.167. The molecular formula is C20H24ClNO3S. The van der Waals surface area contributed by atoms with Crippen molar-refractivity contribution in [3.8, 4) is 5.75 Å². The van der Waals surface area contributed by atoms with E-state index in [0.717, 1.165) is 30.4 Å². The number of nitrogens with zero attached hydrogens (tertiary/aromatic N) is 1. The van der Waals surface area contributed by atoms with E-state index in [2.05, 4.69) is 0 Å². The van der Waals surface area contributed by atoms with Crippen LogP contribution in [0.15, 0.2) is 47.4 Å². The van der Waals surface area contributed by atoms with Crippen LogP contribution in [0.4, 0.5) is 0 Å². The van der Waals surface area contributed by atoms with Crippen LogP contribution in [-0.2, 0) is 10.0 Å². The molecule has 140 valence electrons. The molecule has 4 nitrogen and oxygen atoms in total. The highest BCUT2D eigenvalue weighted by Gasteiger charge is 2.31. The zero-order chi connectivity index (χ0) is 18.7. The summed E-state index contributed by atoms with van der Waals surface area (Å²) in [4.78, 5) is 0.247. The Labute approximate surface area is 160 Å². The molecule has 0 spiro atoms. The summed E-state index contributed by atoms with van der Waals surface area (Å²) in [5.41, 5.74) is 2.03. The van der Waals surface area contributed by atoms with E-state index in [1.807, 2.05) is 37.3 Å². The third-order valence-electron chi connectivity index (χ3n) is 4.91. The van der Waals surface area contributed by atoms with E-state index in [1.54, 1.807) is 16.4 Å². The minimum Gasteiger partial charge on any atom is -0.495 e. The second kappa shape index (κ2) is 7.99. The molecule has 1 unspecified atom stereocenters. The molecule has 0 amide bonds. The van der Waals surface area contributed by atoms with Crippen molar-refractivity contribution in [2.45, 2.75) is 37.0 Å². The lowest BCUT2D eigenvalue weighted by Gasteiger charge is -2.25. The molecule has 1 fully saturated rings. The number of aryl methyl sites for hydroxylation is 1. The molecule has 0 aromatic heterocycles. The molecular weight excluding hydrogens is 370 g/mol. The van der Waals surface area contributed by atoms with E-state index in [0.29, 0.717) is 23.9 Å². The smallest absolute Gasteiger partial charge is 0.246 e. The average molecular weight is 394 g/mol. The monoisotopic (exact) mass is 393 g/mol. The topological polar surface area (TPSA) is 46.6 Å². The van der Waals surface area contributed by atoms with Gasteiger partial charge in [-0.3, -0.25) is 0 Å². The van der Waals surface area contributed by atoms with Gasteiger partial charge in [0.25, 0.3) is 0 Å². The second-order valence-electron chi connectivity index (χ2n) is 6.76. The third kappa shape index (κ3) is 4.05. The van der Waals surface area contributed by atoms with Gasteiger partial charge in [-0.1, -0.05) is 36.2 Å². The third-order valence-corrected chi connectivity index (χ3v) is 7.05. The molecule has 1 atom stereocenters. The highest BCUT2D eigenvalue weighted by molar-refractivity contribution is 7.89. The van der Waals surface area contributed by atoms with Crippen LogP contribution in [-0.4, -0.2) is 32.9 Å². The SMILES string of the molecule is COc1ccc(C)cc1S(=O)(=O)N1CCCCC(c2ccc(Cl)cc2)C1. The summed E-state index contributed by atoms with van der Waals surface area (Å²) in [6.45, 7) is 2.89. The average Bonchev–Trinajstić information content (AvgIpc) is 2.89. The van der Waals surface area contributed by atoms with Gasteiger partial charge in [0.1, 0.15) is 10.6 Å². The molecule has 6 heteroatoms. The molecule has 1 aliphatic heterocycles. The number of ether oxygens (including phenoxy) is 1. The Bertz CT molecular complexity index is 865. The normalized spacial score (nSPS) is 19.1. The van der Waals surface area contributed by atoms with Crippen molar-refractivity contribution in [2.75, 3.05) is 20.2 Å². The van der Waals surface area contributed by atoms with Crippen LogP contribution >= 0.6 is 11.6 Å². The number of methoxy groups -OCH3 is 1. The van der Waals surface area contributed by atoms with Gasteiger partial charge >= 0.3 is 0 Å². The van der Waals surface area contributed by atoms with Gasteiger partial charge in [-0.15, -0.1) is 0 Å². The van der Waals surface area contributed by atoms with E-state index >= 15 is 0 Å². The minimum atomic E-state index is -3.62. The van der Waals surface area contributed by atoms with Crippen LogP contribution in [0.2, 0.25) is 5.02 Å². The largest absolute Gasteiger partial charge is 0.495 e. The van der Waals surface area contributed by atoms with Crippen molar-refractivity contribution in [1.29, 1.82) is 0 Å².